The van der Waals surface area contributed by atoms with E-state index in [1.807, 2.05) is 0 Å². The fourth-order valence-electron chi connectivity index (χ4n) is 2.89. The third-order valence-electron chi connectivity index (χ3n) is 3.99. The Morgan fingerprint density at radius 1 is 1.57 bits per heavy atom. The van der Waals surface area contributed by atoms with Crippen LogP contribution in [-0.4, -0.2) is 39.1 Å². The van der Waals surface area contributed by atoms with Crippen LogP contribution in [0.5, 0.6) is 5.75 Å². The summed E-state index contributed by atoms with van der Waals surface area (Å²) in [4.78, 5) is 24.7. The second-order valence-corrected chi connectivity index (χ2v) is 6.92. The molecule has 1 aromatic heterocycles. The number of carbonyl (C=O) groups excluding carboxylic acids is 1. The highest BCUT2D eigenvalue weighted by molar-refractivity contribution is 7.15. The van der Waals surface area contributed by atoms with E-state index in [9.17, 15) is 20.0 Å². The van der Waals surface area contributed by atoms with Gasteiger partial charge in [-0.2, -0.15) is 0 Å². The number of aliphatic hydroxyl groups excluding tert-OH is 1. The predicted octanol–water partition coefficient (Wildman–Crippen LogP) is 1.85. The maximum atomic E-state index is 12.0. The quantitative estimate of drug-likeness (QED) is 0.664. The Bertz CT molecular complexity index is 612. The molecular weight excluding hydrogens is 296 g/mol. The number of nitro groups is 1. The number of ether oxygens (including phenoxy) is 1. The lowest BCUT2D eigenvalue weighted by atomic mass is 9.90. The minimum Gasteiger partial charge on any atom is -0.484 e. The van der Waals surface area contributed by atoms with Gasteiger partial charge in [-0.05, 0) is 20.3 Å². The molecule has 0 unspecified atom stereocenters. The topological polar surface area (TPSA) is 92.9 Å². The minimum atomic E-state index is -0.926. The summed E-state index contributed by atoms with van der Waals surface area (Å²) in [6.45, 7) is 4.00. The second-order valence-electron chi connectivity index (χ2n) is 5.86. The van der Waals surface area contributed by atoms with Crippen LogP contribution in [0.25, 0.3) is 0 Å². The van der Waals surface area contributed by atoms with E-state index in [1.54, 1.807) is 18.7 Å². The van der Waals surface area contributed by atoms with E-state index in [1.165, 1.54) is 6.07 Å². The molecule has 1 N–H and O–H groups in total. The van der Waals surface area contributed by atoms with Crippen LogP contribution in [0.1, 0.15) is 37.6 Å². The predicted molar refractivity (Wildman–Crippen MR) is 75.4 cm³/mol. The monoisotopic (exact) mass is 312 g/mol. The Morgan fingerprint density at radius 3 is 2.86 bits per heavy atom. The highest BCUT2D eigenvalue weighted by Gasteiger charge is 2.49. The van der Waals surface area contributed by atoms with Crippen LogP contribution in [0.15, 0.2) is 6.07 Å². The van der Waals surface area contributed by atoms with E-state index in [4.69, 9.17) is 4.74 Å². The van der Waals surface area contributed by atoms with Crippen LogP contribution in [0.3, 0.4) is 0 Å². The molecule has 3 heterocycles. The van der Waals surface area contributed by atoms with Crippen molar-refractivity contribution in [3.63, 3.8) is 0 Å². The van der Waals surface area contributed by atoms with Crippen molar-refractivity contribution in [2.45, 2.75) is 44.4 Å². The summed E-state index contributed by atoms with van der Waals surface area (Å²) in [6.07, 6.45) is 0.268. The number of rotatable bonds is 2. The first kappa shape index (κ1) is 14.3. The molecular formula is C13H16N2O5S. The van der Waals surface area contributed by atoms with Crippen LogP contribution >= 0.6 is 11.3 Å². The van der Waals surface area contributed by atoms with Gasteiger partial charge in [0.05, 0.1) is 21.9 Å². The van der Waals surface area contributed by atoms with Crippen LogP contribution in [0.2, 0.25) is 0 Å². The molecule has 7 nitrogen and oxygen atoms in total. The number of aliphatic hydroxyl groups is 1. The molecule has 3 rings (SSSR count). The van der Waals surface area contributed by atoms with Crippen molar-refractivity contribution in [1.82, 2.24) is 4.90 Å². The van der Waals surface area contributed by atoms with Gasteiger partial charge in [-0.3, -0.25) is 14.9 Å². The van der Waals surface area contributed by atoms with E-state index >= 15 is 0 Å². The normalized spacial score (nSPS) is 27.4. The van der Waals surface area contributed by atoms with Gasteiger partial charge in [0.1, 0.15) is 17.5 Å². The molecule has 21 heavy (non-hydrogen) atoms. The van der Waals surface area contributed by atoms with Gasteiger partial charge >= 0.3 is 5.00 Å². The molecule has 1 amide bonds. The summed E-state index contributed by atoms with van der Waals surface area (Å²) in [5.74, 6) is 0.366. The zero-order valence-corrected chi connectivity index (χ0v) is 12.6. The van der Waals surface area contributed by atoms with Crippen molar-refractivity contribution in [1.29, 1.82) is 0 Å². The summed E-state index contributed by atoms with van der Waals surface area (Å²) in [7, 11) is 0. The maximum absolute atomic E-state index is 12.0. The SMILES string of the molecule is CC1(C)Oc2cc([N+](=O)[O-])sc2[C@@H](N2CCCC2=O)[C@@H]1O. The lowest BCUT2D eigenvalue weighted by molar-refractivity contribution is -0.380. The van der Waals surface area contributed by atoms with Crippen LogP contribution in [0, 0.1) is 10.1 Å². The van der Waals surface area contributed by atoms with Crippen molar-refractivity contribution in [3.05, 3.63) is 21.1 Å². The number of thiophene rings is 1. The lowest BCUT2D eigenvalue weighted by Crippen LogP contribution is -2.53. The minimum absolute atomic E-state index is 0.0289. The van der Waals surface area contributed by atoms with Crippen molar-refractivity contribution in [2.24, 2.45) is 0 Å². The molecule has 0 aliphatic carbocycles. The average Bonchev–Trinajstić information content (AvgIpc) is 2.97. The molecule has 1 aromatic rings. The van der Waals surface area contributed by atoms with E-state index in [0.29, 0.717) is 23.6 Å². The van der Waals surface area contributed by atoms with Crippen molar-refractivity contribution < 1.29 is 19.6 Å². The highest BCUT2D eigenvalue weighted by atomic mass is 32.1. The first-order valence-electron chi connectivity index (χ1n) is 6.76. The standard InChI is InChI=1S/C13H16N2O5S/c1-13(2)12(17)10(14-5-3-4-8(14)16)11-7(20-13)6-9(21-11)15(18)19/h6,10,12,17H,3-5H2,1-2H3/t10-,12+/m1/s1. The fourth-order valence-corrected chi connectivity index (χ4v) is 3.94. The Labute approximate surface area is 125 Å². The molecule has 0 aromatic carbocycles. The Balaban J connectivity index is 2.09. The van der Waals surface area contributed by atoms with E-state index in [-0.39, 0.29) is 10.9 Å². The van der Waals surface area contributed by atoms with Crippen LogP contribution < -0.4 is 4.74 Å². The first-order valence-corrected chi connectivity index (χ1v) is 7.57. The molecule has 0 saturated carbocycles. The van der Waals surface area contributed by atoms with E-state index in [2.05, 4.69) is 0 Å². The first-order chi connectivity index (χ1) is 9.81. The summed E-state index contributed by atoms with van der Waals surface area (Å²) in [5, 5.41) is 21.5. The summed E-state index contributed by atoms with van der Waals surface area (Å²) in [5.41, 5.74) is -0.907. The van der Waals surface area contributed by atoms with E-state index in [0.717, 1.165) is 17.8 Å². The van der Waals surface area contributed by atoms with Crippen molar-refractivity contribution >= 4 is 22.2 Å². The third-order valence-corrected chi connectivity index (χ3v) is 5.13. The highest BCUT2D eigenvalue weighted by Crippen LogP contribution is 2.49. The number of likely N-dealkylation sites (tertiary alicyclic amines) is 1. The largest absolute Gasteiger partial charge is 0.484 e. The van der Waals surface area contributed by atoms with Gasteiger partial charge in [0, 0.05) is 13.0 Å². The maximum Gasteiger partial charge on any atom is 0.328 e. The second kappa shape index (κ2) is 4.67. The Morgan fingerprint density at radius 2 is 2.29 bits per heavy atom. The fraction of sp³-hybridized carbons (Fsp3) is 0.615. The molecule has 2 atom stereocenters. The molecule has 0 radical (unpaired) electrons. The zero-order chi connectivity index (χ0) is 15.4. The average molecular weight is 312 g/mol. The molecule has 0 spiro atoms. The van der Waals surface area contributed by atoms with Crippen molar-refractivity contribution in [2.75, 3.05) is 6.54 Å². The molecule has 0 bridgehead atoms. The Hall–Kier alpha value is -1.67. The van der Waals surface area contributed by atoms with Gasteiger partial charge in [0.2, 0.25) is 5.91 Å². The van der Waals surface area contributed by atoms with Gasteiger partial charge in [-0.1, -0.05) is 11.3 Å². The number of amides is 1. The summed E-state index contributed by atoms with van der Waals surface area (Å²) >= 11 is 0.967. The van der Waals surface area contributed by atoms with Gasteiger partial charge in [0.15, 0.2) is 0 Å². The molecule has 2 aliphatic rings. The summed E-state index contributed by atoms with van der Waals surface area (Å²) in [6, 6.07) is 0.804. The van der Waals surface area contributed by atoms with Gasteiger partial charge in [0.25, 0.3) is 0 Å². The number of nitrogens with zero attached hydrogens (tertiary/aromatic N) is 2. The summed E-state index contributed by atoms with van der Waals surface area (Å²) < 4.78 is 5.71. The number of carbonyl (C=O) groups is 1. The molecule has 114 valence electrons. The van der Waals surface area contributed by atoms with E-state index < -0.39 is 22.7 Å². The van der Waals surface area contributed by atoms with Crippen molar-refractivity contribution in [3.8, 4) is 5.75 Å². The molecule has 1 fully saturated rings. The molecule has 2 aliphatic heterocycles. The van der Waals surface area contributed by atoms with Gasteiger partial charge in [-0.15, -0.1) is 0 Å². The lowest BCUT2D eigenvalue weighted by Gasteiger charge is -2.43. The number of fused-ring (bicyclic) bond motifs is 1. The third kappa shape index (κ3) is 2.18. The smallest absolute Gasteiger partial charge is 0.328 e. The van der Waals surface area contributed by atoms with Crippen LogP contribution in [0.4, 0.5) is 5.00 Å². The van der Waals surface area contributed by atoms with Gasteiger partial charge in [-0.25, -0.2) is 0 Å². The number of hydrogen-bond acceptors (Lipinski definition) is 6. The molecule has 1 saturated heterocycles. The zero-order valence-electron chi connectivity index (χ0n) is 11.7. The molecule has 8 heteroatoms. The van der Waals surface area contributed by atoms with Gasteiger partial charge < -0.3 is 14.7 Å². The number of hydrogen-bond donors (Lipinski definition) is 1. The van der Waals surface area contributed by atoms with Crippen LogP contribution in [-0.2, 0) is 4.79 Å². The Kier molecular flexibility index (Phi) is 3.18.